The fourth-order valence-corrected chi connectivity index (χ4v) is 2.84. The van der Waals surface area contributed by atoms with E-state index in [2.05, 4.69) is 31.4 Å². The van der Waals surface area contributed by atoms with Crippen LogP contribution in [0, 0.1) is 11.8 Å². The molecule has 1 aliphatic carbocycles. The van der Waals surface area contributed by atoms with Crippen LogP contribution in [0.15, 0.2) is 0 Å². The SMILES string of the molecule is CCC(NC(=S)NCC(C)C)C1CCCCC1. The summed E-state index contributed by atoms with van der Waals surface area (Å²) in [6.07, 6.45) is 8.14. The van der Waals surface area contributed by atoms with Crippen molar-refractivity contribution in [3.63, 3.8) is 0 Å². The van der Waals surface area contributed by atoms with Gasteiger partial charge in [-0.2, -0.15) is 0 Å². The Morgan fingerprint density at radius 3 is 2.41 bits per heavy atom. The van der Waals surface area contributed by atoms with Crippen molar-refractivity contribution in [2.75, 3.05) is 6.54 Å². The zero-order chi connectivity index (χ0) is 12.7. The smallest absolute Gasteiger partial charge is 0.166 e. The van der Waals surface area contributed by atoms with Crippen LogP contribution in [0.4, 0.5) is 0 Å². The van der Waals surface area contributed by atoms with Gasteiger partial charge >= 0.3 is 0 Å². The number of nitrogens with one attached hydrogen (secondary N) is 2. The van der Waals surface area contributed by atoms with Crippen molar-refractivity contribution in [2.24, 2.45) is 11.8 Å². The topological polar surface area (TPSA) is 24.1 Å². The van der Waals surface area contributed by atoms with Gasteiger partial charge in [0, 0.05) is 12.6 Å². The normalized spacial score (nSPS) is 19.1. The minimum atomic E-state index is 0.572. The van der Waals surface area contributed by atoms with E-state index in [1.165, 1.54) is 38.5 Å². The standard InChI is InChI=1S/C14H28N2S/c1-4-13(12-8-6-5-7-9-12)16-14(17)15-10-11(2)3/h11-13H,4-10H2,1-3H3,(H2,15,16,17). The molecule has 1 unspecified atom stereocenters. The molecule has 0 saturated heterocycles. The van der Waals surface area contributed by atoms with Gasteiger partial charge in [-0.3, -0.25) is 0 Å². The summed E-state index contributed by atoms with van der Waals surface area (Å²) in [5, 5.41) is 7.66. The summed E-state index contributed by atoms with van der Waals surface area (Å²) in [7, 11) is 0. The van der Waals surface area contributed by atoms with Gasteiger partial charge in [-0.25, -0.2) is 0 Å². The maximum Gasteiger partial charge on any atom is 0.166 e. The van der Waals surface area contributed by atoms with Crippen LogP contribution in [-0.2, 0) is 0 Å². The van der Waals surface area contributed by atoms with E-state index in [9.17, 15) is 0 Å². The molecule has 17 heavy (non-hydrogen) atoms. The molecular formula is C14H28N2S. The zero-order valence-corrected chi connectivity index (χ0v) is 12.4. The van der Waals surface area contributed by atoms with E-state index in [1.54, 1.807) is 0 Å². The van der Waals surface area contributed by atoms with Crippen molar-refractivity contribution < 1.29 is 0 Å². The van der Waals surface area contributed by atoms with Gasteiger partial charge < -0.3 is 10.6 Å². The van der Waals surface area contributed by atoms with Gasteiger partial charge in [0.2, 0.25) is 0 Å². The Labute approximate surface area is 112 Å². The van der Waals surface area contributed by atoms with Crippen molar-refractivity contribution >= 4 is 17.3 Å². The summed E-state index contributed by atoms with van der Waals surface area (Å²) in [4.78, 5) is 0. The maximum absolute atomic E-state index is 5.36. The molecule has 2 N–H and O–H groups in total. The number of hydrogen-bond donors (Lipinski definition) is 2. The van der Waals surface area contributed by atoms with Crippen molar-refractivity contribution in [3.8, 4) is 0 Å². The molecule has 0 radical (unpaired) electrons. The van der Waals surface area contributed by atoms with Gasteiger partial charge in [-0.15, -0.1) is 0 Å². The third-order valence-corrected chi connectivity index (χ3v) is 3.91. The second kappa shape index (κ2) is 7.91. The molecule has 1 rings (SSSR count). The highest BCUT2D eigenvalue weighted by atomic mass is 32.1. The maximum atomic E-state index is 5.36. The summed E-state index contributed by atoms with van der Waals surface area (Å²) in [6.45, 7) is 7.63. The first-order chi connectivity index (χ1) is 8.13. The quantitative estimate of drug-likeness (QED) is 0.737. The van der Waals surface area contributed by atoms with Crippen LogP contribution < -0.4 is 10.6 Å². The van der Waals surface area contributed by atoms with Crippen molar-refractivity contribution in [1.82, 2.24) is 10.6 Å². The largest absolute Gasteiger partial charge is 0.362 e. The molecule has 1 saturated carbocycles. The minimum absolute atomic E-state index is 0.572. The van der Waals surface area contributed by atoms with Crippen molar-refractivity contribution in [2.45, 2.75) is 65.3 Å². The molecule has 0 bridgehead atoms. The van der Waals surface area contributed by atoms with Crippen LogP contribution in [0.5, 0.6) is 0 Å². The molecule has 0 aromatic carbocycles. The second-order valence-corrected chi connectivity index (χ2v) is 6.07. The van der Waals surface area contributed by atoms with Crippen LogP contribution >= 0.6 is 12.2 Å². The lowest BCUT2D eigenvalue weighted by atomic mass is 9.83. The summed E-state index contributed by atoms with van der Waals surface area (Å²) < 4.78 is 0. The fourth-order valence-electron chi connectivity index (χ4n) is 2.61. The monoisotopic (exact) mass is 256 g/mol. The molecule has 1 aliphatic rings. The Bertz CT molecular complexity index is 222. The molecule has 0 amide bonds. The van der Waals surface area contributed by atoms with E-state index in [0.717, 1.165) is 17.6 Å². The van der Waals surface area contributed by atoms with Crippen LogP contribution in [0.25, 0.3) is 0 Å². The highest BCUT2D eigenvalue weighted by Gasteiger charge is 2.22. The Morgan fingerprint density at radius 2 is 1.88 bits per heavy atom. The van der Waals surface area contributed by atoms with Crippen molar-refractivity contribution in [3.05, 3.63) is 0 Å². The first-order valence-electron chi connectivity index (χ1n) is 7.17. The van der Waals surface area contributed by atoms with Gasteiger partial charge in [0.1, 0.15) is 0 Å². The molecule has 0 aliphatic heterocycles. The molecule has 1 atom stereocenters. The summed E-state index contributed by atoms with van der Waals surface area (Å²) >= 11 is 5.36. The third kappa shape index (κ3) is 5.71. The van der Waals surface area contributed by atoms with Gasteiger partial charge in [0.25, 0.3) is 0 Å². The lowest BCUT2D eigenvalue weighted by Crippen LogP contribution is -2.46. The molecule has 0 aromatic rings. The highest BCUT2D eigenvalue weighted by molar-refractivity contribution is 7.80. The minimum Gasteiger partial charge on any atom is -0.362 e. The van der Waals surface area contributed by atoms with Crippen LogP contribution in [0.1, 0.15) is 59.3 Å². The van der Waals surface area contributed by atoms with Crippen molar-refractivity contribution in [1.29, 1.82) is 0 Å². The molecular weight excluding hydrogens is 228 g/mol. The van der Waals surface area contributed by atoms with E-state index < -0.39 is 0 Å². The van der Waals surface area contributed by atoms with Gasteiger partial charge in [0.15, 0.2) is 5.11 Å². The molecule has 0 aromatic heterocycles. The average Bonchev–Trinajstić information content (AvgIpc) is 2.34. The van der Waals surface area contributed by atoms with Crippen LogP contribution in [0.2, 0.25) is 0 Å². The Hall–Kier alpha value is -0.310. The first kappa shape index (κ1) is 14.7. The van der Waals surface area contributed by atoms with E-state index >= 15 is 0 Å². The molecule has 3 heteroatoms. The average molecular weight is 256 g/mol. The summed E-state index contributed by atoms with van der Waals surface area (Å²) in [5.41, 5.74) is 0. The summed E-state index contributed by atoms with van der Waals surface area (Å²) in [5.74, 6) is 1.47. The Balaban J connectivity index is 2.32. The summed E-state index contributed by atoms with van der Waals surface area (Å²) in [6, 6.07) is 0.572. The zero-order valence-electron chi connectivity index (χ0n) is 11.6. The number of hydrogen-bond acceptors (Lipinski definition) is 1. The van der Waals surface area contributed by atoms with E-state index in [4.69, 9.17) is 12.2 Å². The fraction of sp³-hybridized carbons (Fsp3) is 0.929. The van der Waals surface area contributed by atoms with Gasteiger partial charge in [-0.1, -0.05) is 40.0 Å². The lowest BCUT2D eigenvalue weighted by Gasteiger charge is -2.31. The molecule has 0 spiro atoms. The molecule has 1 fully saturated rings. The molecule has 100 valence electrons. The van der Waals surface area contributed by atoms with Crippen LogP contribution in [0.3, 0.4) is 0 Å². The lowest BCUT2D eigenvalue weighted by molar-refractivity contribution is 0.283. The second-order valence-electron chi connectivity index (χ2n) is 5.66. The highest BCUT2D eigenvalue weighted by Crippen LogP contribution is 2.27. The van der Waals surface area contributed by atoms with Crippen LogP contribution in [-0.4, -0.2) is 17.7 Å². The Kier molecular flexibility index (Phi) is 6.86. The number of thiocarbonyl (C=S) groups is 1. The Morgan fingerprint density at radius 1 is 1.24 bits per heavy atom. The predicted octanol–water partition coefficient (Wildman–Crippen LogP) is 3.47. The van der Waals surface area contributed by atoms with Gasteiger partial charge in [0.05, 0.1) is 0 Å². The van der Waals surface area contributed by atoms with E-state index in [1.807, 2.05) is 0 Å². The van der Waals surface area contributed by atoms with E-state index in [-0.39, 0.29) is 0 Å². The number of rotatable bonds is 5. The first-order valence-corrected chi connectivity index (χ1v) is 7.58. The molecule has 2 nitrogen and oxygen atoms in total. The third-order valence-electron chi connectivity index (χ3n) is 3.65. The predicted molar refractivity (Wildman–Crippen MR) is 79.2 cm³/mol. The van der Waals surface area contributed by atoms with E-state index in [0.29, 0.717) is 12.0 Å². The molecule has 0 heterocycles. The van der Waals surface area contributed by atoms with Gasteiger partial charge in [-0.05, 0) is 43.3 Å².